The van der Waals surface area contributed by atoms with E-state index in [0.29, 0.717) is 31.1 Å². The fraction of sp³-hybridized carbons (Fsp3) is 0.353. The van der Waals surface area contributed by atoms with Crippen LogP contribution in [0.5, 0.6) is 0 Å². The maximum absolute atomic E-state index is 13.2. The summed E-state index contributed by atoms with van der Waals surface area (Å²) in [5.41, 5.74) is 1.73. The van der Waals surface area contributed by atoms with E-state index in [-0.39, 0.29) is 6.04 Å². The van der Waals surface area contributed by atoms with Crippen molar-refractivity contribution in [3.8, 4) is 0 Å². The van der Waals surface area contributed by atoms with Gasteiger partial charge in [-0.2, -0.15) is 4.31 Å². The van der Waals surface area contributed by atoms with Crippen LogP contribution in [0.1, 0.15) is 17.2 Å². The number of methoxy groups -OCH3 is 1. The monoisotopic (exact) mass is 347 g/mol. The molecule has 2 heterocycles. The van der Waals surface area contributed by atoms with Crippen LogP contribution in [0.25, 0.3) is 0 Å². The first kappa shape index (κ1) is 17.0. The van der Waals surface area contributed by atoms with Crippen molar-refractivity contribution in [1.82, 2.24) is 14.6 Å². The van der Waals surface area contributed by atoms with Gasteiger partial charge in [0.15, 0.2) is 0 Å². The lowest BCUT2D eigenvalue weighted by Gasteiger charge is -2.35. The van der Waals surface area contributed by atoms with Crippen LogP contribution in [0.2, 0.25) is 0 Å². The van der Waals surface area contributed by atoms with Crippen LogP contribution >= 0.6 is 0 Å². The van der Waals surface area contributed by atoms with Crippen LogP contribution in [-0.4, -0.2) is 44.5 Å². The molecule has 128 valence electrons. The number of sulfonamides is 1. The highest BCUT2D eigenvalue weighted by molar-refractivity contribution is 7.89. The average Bonchev–Trinajstić information content (AvgIpc) is 2.63. The smallest absolute Gasteiger partial charge is 0.243 e. The van der Waals surface area contributed by atoms with Gasteiger partial charge in [-0.3, -0.25) is 4.98 Å². The molecule has 1 fully saturated rings. The fourth-order valence-electron chi connectivity index (χ4n) is 2.93. The van der Waals surface area contributed by atoms with Crippen molar-refractivity contribution in [2.24, 2.45) is 0 Å². The Morgan fingerprint density at radius 1 is 1.33 bits per heavy atom. The first-order valence-corrected chi connectivity index (χ1v) is 9.27. The molecule has 1 unspecified atom stereocenters. The third kappa shape index (κ3) is 3.49. The van der Waals surface area contributed by atoms with Gasteiger partial charge in [-0.25, -0.2) is 8.42 Å². The summed E-state index contributed by atoms with van der Waals surface area (Å²) in [6.07, 6.45) is 3.41. The maximum Gasteiger partial charge on any atom is 0.243 e. The molecule has 1 aromatic carbocycles. The van der Waals surface area contributed by atoms with Gasteiger partial charge < -0.3 is 10.1 Å². The molecule has 7 heteroatoms. The van der Waals surface area contributed by atoms with Crippen LogP contribution in [0.3, 0.4) is 0 Å². The van der Waals surface area contributed by atoms with Crippen LogP contribution in [0.4, 0.5) is 0 Å². The molecule has 0 spiro atoms. The van der Waals surface area contributed by atoms with Crippen molar-refractivity contribution in [2.45, 2.75) is 17.5 Å². The van der Waals surface area contributed by atoms with Gasteiger partial charge in [0.2, 0.25) is 10.0 Å². The average molecular weight is 347 g/mol. The number of aromatic nitrogens is 1. The van der Waals surface area contributed by atoms with Gasteiger partial charge in [0.25, 0.3) is 0 Å². The van der Waals surface area contributed by atoms with Gasteiger partial charge in [0, 0.05) is 39.1 Å². The van der Waals surface area contributed by atoms with E-state index >= 15 is 0 Å². The molecule has 0 aliphatic carbocycles. The second-order valence-electron chi connectivity index (χ2n) is 5.70. The first-order chi connectivity index (χ1) is 11.6. The highest BCUT2D eigenvalue weighted by atomic mass is 32.2. The summed E-state index contributed by atoms with van der Waals surface area (Å²) in [6, 6.07) is 10.4. The number of hydrogen-bond acceptors (Lipinski definition) is 5. The Bertz CT molecular complexity index is 781. The Balaban J connectivity index is 1.96. The van der Waals surface area contributed by atoms with Gasteiger partial charge in [-0.15, -0.1) is 0 Å². The number of piperazine rings is 1. The minimum Gasteiger partial charge on any atom is -0.380 e. The van der Waals surface area contributed by atoms with Crippen molar-refractivity contribution in [3.05, 3.63) is 59.9 Å². The molecular weight excluding hydrogens is 326 g/mol. The zero-order chi connectivity index (χ0) is 17.0. The minimum absolute atomic E-state index is 0.261. The molecule has 1 saturated heterocycles. The lowest BCUT2D eigenvalue weighted by Crippen LogP contribution is -2.48. The normalized spacial score (nSPS) is 19.3. The molecule has 1 aliphatic rings. The van der Waals surface area contributed by atoms with Gasteiger partial charge in [0.05, 0.1) is 17.5 Å². The summed E-state index contributed by atoms with van der Waals surface area (Å²) >= 11 is 0. The molecule has 24 heavy (non-hydrogen) atoms. The van der Waals surface area contributed by atoms with Crippen molar-refractivity contribution < 1.29 is 13.2 Å². The second kappa shape index (κ2) is 7.40. The summed E-state index contributed by atoms with van der Waals surface area (Å²) in [5, 5.41) is 3.26. The van der Waals surface area contributed by atoms with Crippen LogP contribution in [0.15, 0.2) is 53.7 Å². The highest BCUT2D eigenvalue weighted by Crippen LogP contribution is 2.28. The molecule has 0 amide bonds. The summed E-state index contributed by atoms with van der Waals surface area (Å²) in [5.74, 6) is 0. The molecule has 0 saturated carbocycles. The number of nitrogens with zero attached hydrogens (tertiary/aromatic N) is 2. The van der Waals surface area contributed by atoms with Gasteiger partial charge in [-0.05, 0) is 29.3 Å². The Hall–Kier alpha value is -1.80. The zero-order valence-corrected chi connectivity index (χ0v) is 14.4. The number of pyridine rings is 1. The second-order valence-corrected chi connectivity index (χ2v) is 7.59. The summed E-state index contributed by atoms with van der Waals surface area (Å²) in [7, 11) is -2.00. The van der Waals surface area contributed by atoms with Crippen LogP contribution in [0, 0.1) is 0 Å². The summed E-state index contributed by atoms with van der Waals surface area (Å²) < 4.78 is 33.0. The number of rotatable bonds is 5. The highest BCUT2D eigenvalue weighted by Gasteiger charge is 2.34. The quantitative estimate of drug-likeness (QED) is 0.889. The topological polar surface area (TPSA) is 71.5 Å². The number of ether oxygens (including phenoxy) is 1. The van der Waals surface area contributed by atoms with E-state index in [0.717, 1.165) is 11.1 Å². The van der Waals surface area contributed by atoms with Crippen molar-refractivity contribution in [3.63, 3.8) is 0 Å². The summed E-state index contributed by atoms with van der Waals surface area (Å²) in [4.78, 5) is 4.42. The molecule has 6 nitrogen and oxygen atoms in total. The number of hydrogen-bond donors (Lipinski definition) is 1. The number of benzene rings is 1. The minimum atomic E-state index is -3.59. The zero-order valence-electron chi connectivity index (χ0n) is 13.6. The van der Waals surface area contributed by atoms with Crippen molar-refractivity contribution >= 4 is 10.0 Å². The number of nitrogens with one attached hydrogen (secondary N) is 1. The molecule has 1 N–H and O–H groups in total. The molecule has 2 aromatic rings. The van der Waals surface area contributed by atoms with E-state index < -0.39 is 10.0 Å². The van der Waals surface area contributed by atoms with E-state index in [9.17, 15) is 8.42 Å². The fourth-order valence-corrected chi connectivity index (χ4v) is 4.61. The lowest BCUT2D eigenvalue weighted by molar-refractivity contribution is 0.184. The summed E-state index contributed by atoms with van der Waals surface area (Å²) in [6.45, 7) is 2.02. The molecule has 3 rings (SSSR count). The van der Waals surface area contributed by atoms with Crippen molar-refractivity contribution in [2.75, 3.05) is 26.7 Å². The predicted molar refractivity (Wildman–Crippen MR) is 90.9 cm³/mol. The largest absolute Gasteiger partial charge is 0.380 e. The Kier molecular flexibility index (Phi) is 5.25. The van der Waals surface area contributed by atoms with Crippen LogP contribution < -0.4 is 5.32 Å². The maximum atomic E-state index is 13.2. The first-order valence-electron chi connectivity index (χ1n) is 7.83. The third-order valence-corrected chi connectivity index (χ3v) is 5.98. The van der Waals surface area contributed by atoms with Gasteiger partial charge >= 0.3 is 0 Å². The molecule has 1 aliphatic heterocycles. The van der Waals surface area contributed by atoms with E-state index in [4.69, 9.17) is 4.74 Å². The molecule has 1 atom stereocenters. The van der Waals surface area contributed by atoms with Crippen molar-refractivity contribution in [1.29, 1.82) is 0 Å². The lowest BCUT2D eigenvalue weighted by atomic mass is 10.1. The van der Waals surface area contributed by atoms with Gasteiger partial charge in [0.1, 0.15) is 0 Å². The van der Waals surface area contributed by atoms with E-state index in [1.165, 1.54) is 0 Å². The molecule has 1 aromatic heterocycles. The van der Waals surface area contributed by atoms with E-state index in [1.54, 1.807) is 42.0 Å². The molecule has 0 radical (unpaired) electrons. The van der Waals surface area contributed by atoms with Crippen LogP contribution in [-0.2, 0) is 21.4 Å². The Morgan fingerprint density at radius 2 is 2.21 bits per heavy atom. The van der Waals surface area contributed by atoms with E-state index in [2.05, 4.69) is 10.3 Å². The SMILES string of the molecule is COCc1cccc(S(=O)(=O)N2CCNCC2c2cccnc2)c1. The van der Waals surface area contributed by atoms with E-state index in [1.807, 2.05) is 18.2 Å². The molecular formula is C17H21N3O3S. The standard InChI is InChI=1S/C17H21N3O3S/c1-23-13-14-4-2-6-16(10-14)24(21,22)20-9-8-19-12-17(20)15-5-3-7-18-11-15/h2-7,10-11,17,19H,8-9,12-13H2,1H3. The Labute approximate surface area is 142 Å². The Morgan fingerprint density at radius 3 is 2.96 bits per heavy atom. The third-order valence-electron chi connectivity index (χ3n) is 4.08. The van der Waals surface area contributed by atoms with Gasteiger partial charge in [-0.1, -0.05) is 18.2 Å². The molecule has 0 bridgehead atoms. The predicted octanol–water partition coefficient (Wildman–Crippen LogP) is 1.56.